The number of amides is 1. The summed E-state index contributed by atoms with van der Waals surface area (Å²) in [6.07, 6.45) is 6.75. The highest BCUT2D eigenvalue weighted by molar-refractivity contribution is 6.36. The predicted molar refractivity (Wildman–Crippen MR) is 162 cm³/mol. The standard InChI is InChI=1S/C31H34ClN7O2/c1-6-26(40)37-11-9-22(10-12-37)39-19(3)27(28-23-15-33-34-25(23)13-18(2)29(28)32)30(36-39)20-7-8-24-21(14-20)16-38(35-24)17-31(4,5)41/h6-8,13-16,22,41H,1,9-12,17H2,2-5H3,(H,33,34). The van der Waals surface area contributed by atoms with Crippen LogP contribution in [0.1, 0.15) is 44.0 Å². The van der Waals surface area contributed by atoms with Gasteiger partial charge in [-0.1, -0.05) is 24.2 Å². The van der Waals surface area contributed by atoms with Gasteiger partial charge in [0, 0.05) is 52.4 Å². The van der Waals surface area contributed by atoms with Crippen molar-refractivity contribution in [1.82, 2.24) is 34.7 Å². The summed E-state index contributed by atoms with van der Waals surface area (Å²) in [5.41, 5.74) is 6.52. The first-order chi connectivity index (χ1) is 19.5. The lowest BCUT2D eigenvalue weighted by Crippen LogP contribution is -2.38. The maximum atomic E-state index is 12.2. The lowest BCUT2D eigenvalue weighted by molar-refractivity contribution is -0.127. The highest BCUT2D eigenvalue weighted by Crippen LogP contribution is 2.44. The van der Waals surface area contributed by atoms with Gasteiger partial charge in [-0.2, -0.15) is 15.3 Å². The molecular weight excluding hydrogens is 538 g/mol. The Kier molecular flexibility index (Phi) is 6.74. The van der Waals surface area contributed by atoms with E-state index in [9.17, 15) is 9.90 Å². The summed E-state index contributed by atoms with van der Waals surface area (Å²) in [7, 11) is 0. The van der Waals surface area contributed by atoms with Crippen molar-refractivity contribution in [2.45, 2.75) is 58.7 Å². The smallest absolute Gasteiger partial charge is 0.245 e. The minimum Gasteiger partial charge on any atom is -0.389 e. The molecule has 9 nitrogen and oxygen atoms in total. The molecule has 0 saturated carbocycles. The molecule has 1 aliphatic heterocycles. The molecule has 1 saturated heterocycles. The zero-order chi connectivity index (χ0) is 29.1. The number of nitrogens with one attached hydrogen (secondary N) is 1. The average Bonchev–Trinajstić information content (AvgIpc) is 3.64. The van der Waals surface area contributed by atoms with Gasteiger partial charge in [0.1, 0.15) is 5.69 Å². The average molecular weight is 572 g/mol. The summed E-state index contributed by atoms with van der Waals surface area (Å²) in [6, 6.07) is 8.29. The highest BCUT2D eigenvalue weighted by atomic mass is 35.5. The SMILES string of the molecule is C=CC(=O)N1CCC(n2nc(-c3ccc4nn(CC(C)(C)O)cc4c3)c(-c3c(Cl)c(C)cc4[nH]ncc34)c2C)CC1. The number of hydrogen-bond donors (Lipinski definition) is 2. The van der Waals surface area contributed by atoms with Crippen LogP contribution in [0.15, 0.2) is 49.3 Å². The van der Waals surface area contributed by atoms with Crippen LogP contribution in [0.25, 0.3) is 44.2 Å². The van der Waals surface area contributed by atoms with Crippen LogP contribution in [0.5, 0.6) is 0 Å². The molecular formula is C31H34ClN7O2. The number of halogens is 1. The van der Waals surface area contributed by atoms with Crippen LogP contribution in [0.3, 0.4) is 0 Å². The Hall–Kier alpha value is -3.95. The summed E-state index contributed by atoms with van der Waals surface area (Å²) in [5, 5.41) is 30.2. The minimum absolute atomic E-state index is 0.0330. The number of H-pyrrole nitrogens is 1. The maximum Gasteiger partial charge on any atom is 0.245 e. The molecule has 0 bridgehead atoms. The Morgan fingerprint density at radius 1 is 1.20 bits per heavy atom. The summed E-state index contributed by atoms with van der Waals surface area (Å²) in [4.78, 5) is 14.0. The molecule has 0 aliphatic carbocycles. The van der Waals surface area contributed by atoms with Crippen LogP contribution >= 0.6 is 11.6 Å². The zero-order valence-corrected chi connectivity index (χ0v) is 24.5. The van der Waals surface area contributed by atoms with Gasteiger partial charge in [-0.25, -0.2) is 0 Å². The molecule has 0 radical (unpaired) electrons. The van der Waals surface area contributed by atoms with Crippen LogP contribution in [0.2, 0.25) is 5.02 Å². The number of hydrogen-bond acceptors (Lipinski definition) is 5. The van der Waals surface area contributed by atoms with Gasteiger partial charge in [-0.05, 0) is 70.4 Å². The van der Waals surface area contributed by atoms with Gasteiger partial charge in [-0.3, -0.25) is 19.3 Å². The van der Waals surface area contributed by atoms with E-state index in [0.717, 1.165) is 68.3 Å². The minimum atomic E-state index is -0.877. The second-order valence-electron chi connectivity index (χ2n) is 11.6. The third-order valence-electron chi connectivity index (χ3n) is 7.94. The molecule has 212 valence electrons. The Bertz CT molecular complexity index is 1800. The van der Waals surface area contributed by atoms with Gasteiger partial charge in [0.15, 0.2) is 0 Å². The number of aryl methyl sites for hydroxylation is 1. The Morgan fingerprint density at radius 3 is 2.66 bits per heavy atom. The number of rotatable bonds is 6. The van der Waals surface area contributed by atoms with Gasteiger partial charge < -0.3 is 10.0 Å². The van der Waals surface area contributed by atoms with Crippen LogP contribution in [-0.2, 0) is 11.3 Å². The molecule has 1 amide bonds. The second kappa shape index (κ2) is 10.2. The van der Waals surface area contributed by atoms with Crippen molar-refractivity contribution in [2.24, 2.45) is 0 Å². The van der Waals surface area contributed by atoms with E-state index in [1.165, 1.54) is 6.08 Å². The fraction of sp³-hybridized carbons (Fsp3) is 0.355. The van der Waals surface area contributed by atoms with Crippen molar-refractivity contribution in [3.8, 4) is 22.4 Å². The second-order valence-corrected chi connectivity index (χ2v) is 12.0. The fourth-order valence-electron chi connectivity index (χ4n) is 5.98. The molecule has 1 aliphatic rings. The van der Waals surface area contributed by atoms with Crippen LogP contribution in [0, 0.1) is 13.8 Å². The van der Waals surface area contributed by atoms with Crippen molar-refractivity contribution in [3.05, 3.63) is 65.6 Å². The van der Waals surface area contributed by atoms with Crippen LogP contribution < -0.4 is 0 Å². The molecule has 2 aromatic carbocycles. The number of aromatic nitrogens is 6. The van der Waals surface area contributed by atoms with E-state index in [-0.39, 0.29) is 11.9 Å². The summed E-state index contributed by atoms with van der Waals surface area (Å²) in [5.74, 6) is -0.0330. The number of nitrogens with zero attached hydrogens (tertiary/aromatic N) is 6. The van der Waals surface area contributed by atoms with Crippen molar-refractivity contribution in [3.63, 3.8) is 0 Å². The fourth-order valence-corrected chi connectivity index (χ4v) is 6.23. The quantitative estimate of drug-likeness (QED) is 0.249. The number of likely N-dealkylation sites (tertiary alicyclic amines) is 1. The van der Waals surface area contributed by atoms with Gasteiger partial charge in [0.25, 0.3) is 0 Å². The number of aliphatic hydroxyl groups is 1. The number of fused-ring (bicyclic) bond motifs is 2. The first kappa shape index (κ1) is 27.2. The topological polar surface area (TPSA) is 105 Å². The van der Waals surface area contributed by atoms with Gasteiger partial charge >= 0.3 is 0 Å². The molecule has 4 heterocycles. The Balaban J connectivity index is 1.51. The summed E-state index contributed by atoms with van der Waals surface area (Å²) < 4.78 is 3.90. The van der Waals surface area contributed by atoms with Crippen molar-refractivity contribution >= 4 is 39.3 Å². The first-order valence-electron chi connectivity index (χ1n) is 13.9. The molecule has 10 heteroatoms. The van der Waals surface area contributed by atoms with E-state index in [4.69, 9.17) is 16.7 Å². The number of carbonyl (C=O) groups is 1. The van der Waals surface area contributed by atoms with E-state index < -0.39 is 5.60 Å². The molecule has 0 unspecified atom stereocenters. The molecule has 2 N–H and O–H groups in total. The molecule has 0 spiro atoms. The van der Waals surface area contributed by atoms with Gasteiger partial charge in [0.05, 0.1) is 40.4 Å². The van der Waals surface area contributed by atoms with E-state index in [1.54, 1.807) is 18.5 Å². The molecule has 41 heavy (non-hydrogen) atoms. The van der Waals surface area contributed by atoms with Gasteiger partial charge in [0.2, 0.25) is 5.91 Å². The molecule has 0 atom stereocenters. The van der Waals surface area contributed by atoms with Crippen molar-refractivity contribution < 1.29 is 9.90 Å². The normalized spacial score (nSPS) is 14.8. The maximum absolute atomic E-state index is 12.2. The van der Waals surface area contributed by atoms with Crippen molar-refractivity contribution in [2.75, 3.05) is 13.1 Å². The third kappa shape index (κ3) is 4.93. The van der Waals surface area contributed by atoms with Crippen LogP contribution in [0.4, 0.5) is 0 Å². The van der Waals surface area contributed by atoms with E-state index in [2.05, 4.69) is 39.5 Å². The molecule has 6 rings (SSSR count). The summed E-state index contributed by atoms with van der Waals surface area (Å²) in [6.45, 7) is 13.0. The van der Waals surface area contributed by atoms with E-state index in [1.807, 2.05) is 42.4 Å². The predicted octanol–water partition coefficient (Wildman–Crippen LogP) is 5.83. The van der Waals surface area contributed by atoms with Crippen molar-refractivity contribution in [1.29, 1.82) is 0 Å². The van der Waals surface area contributed by atoms with E-state index >= 15 is 0 Å². The number of piperidine rings is 1. The zero-order valence-electron chi connectivity index (χ0n) is 23.8. The summed E-state index contributed by atoms with van der Waals surface area (Å²) >= 11 is 7.05. The van der Waals surface area contributed by atoms with Crippen LogP contribution in [-0.4, -0.2) is 64.4 Å². The molecule has 5 aromatic rings. The number of carbonyl (C=O) groups excluding carboxylic acids is 1. The van der Waals surface area contributed by atoms with E-state index in [0.29, 0.717) is 24.7 Å². The number of benzene rings is 2. The van der Waals surface area contributed by atoms with Gasteiger partial charge in [-0.15, -0.1) is 0 Å². The molecule has 3 aromatic heterocycles. The largest absolute Gasteiger partial charge is 0.389 e. The highest BCUT2D eigenvalue weighted by Gasteiger charge is 2.29. The monoisotopic (exact) mass is 571 g/mol. The first-order valence-corrected chi connectivity index (χ1v) is 14.2. The third-order valence-corrected chi connectivity index (χ3v) is 8.42. The Morgan fingerprint density at radius 2 is 1.95 bits per heavy atom. The number of aromatic amines is 1. The molecule has 1 fully saturated rings. The lowest BCUT2D eigenvalue weighted by Gasteiger charge is -2.32. The Labute approximate surface area is 243 Å². The lowest BCUT2D eigenvalue weighted by atomic mass is 9.94.